The average molecular weight is 397 g/mol. The summed E-state index contributed by atoms with van der Waals surface area (Å²) in [6.07, 6.45) is 0. The van der Waals surface area contributed by atoms with Gasteiger partial charge in [-0.25, -0.2) is 0 Å². The first-order valence-electron chi connectivity index (χ1n) is 5.63. The van der Waals surface area contributed by atoms with E-state index >= 15 is 0 Å². The minimum absolute atomic E-state index is 0.383. The van der Waals surface area contributed by atoms with Gasteiger partial charge in [0, 0.05) is 0 Å². The number of hydrogen-bond acceptors (Lipinski definition) is 7. The highest BCUT2D eigenvalue weighted by Gasteiger charge is 2.55. The van der Waals surface area contributed by atoms with Gasteiger partial charge in [-0.2, -0.15) is 0 Å². The molecule has 14 nitrogen and oxygen atoms in total. The van der Waals surface area contributed by atoms with Crippen molar-refractivity contribution in [2.45, 2.75) is 12.0 Å². The zero-order valence-corrected chi connectivity index (χ0v) is 13.9. The lowest BCUT2D eigenvalue weighted by molar-refractivity contribution is -0.144. The summed E-state index contributed by atoms with van der Waals surface area (Å²) in [5.41, 5.74) is 0. The number of aliphatic hydroxyl groups is 1. The van der Waals surface area contributed by atoms with Crippen molar-refractivity contribution in [2.75, 3.05) is 19.6 Å². The number of hydrogen-bond donors (Lipinski definition) is 8. The van der Waals surface area contributed by atoms with Gasteiger partial charge in [0.15, 0.2) is 0 Å². The van der Waals surface area contributed by atoms with Gasteiger partial charge in [0.25, 0.3) is 5.08 Å². The van der Waals surface area contributed by atoms with Crippen LogP contribution in [0.4, 0.5) is 0 Å². The monoisotopic (exact) mass is 397 g/mol. The van der Waals surface area contributed by atoms with E-state index in [0.717, 1.165) is 4.90 Å². The Labute approximate surface area is 134 Å². The maximum Gasteiger partial charge on any atom is 0.369 e. The van der Waals surface area contributed by atoms with Crippen molar-refractivity contribution < 1.29 is 63.5 Å². The second-order valence-electron chi connectivity index (χ2n) is 4.39. The van der Waals surface area contributed by atoms with Gasteiger partial charge in [0.05, 0.1) is 19.6 Å². The van der Waals surface area contributed by atoms with Crippen molar-refractivity contribution in [2.24, 2.45) is 0 Å². The van der Waals surface area contributed by atoms with Crippen LogP contribution in [0, 0.1) is 0 Å². The standard InChI is InChI=1S/C6H9NO6.C2H8O7P2/c8-4(9)1-7(2-5(10)11)3-6(12)13;1-2(3,10(4,5)6)11(7,8)9/h1-3H2,(H,8,9)(H,10,11)(H,12,13);3H,1H3,(H2,4,5,6)(H2,7,8,9). The van der Waals surface area contributed by atoms with Crippen LogP contribution in [0.2, 0.25) is 0 Å². The number of carboxylic acid groups (broad SMARTS) is 3. The van der Waals surface area contributed by atoms with Gasteiger partial charge in [0.2, 0.25) is 0 Å². The predicted octanol–water partition coefficient (Wildman–Crippen LogP) is -2.45. The minimum atomic E-state index is -5.20. The summed E-state index contributed by atoms with van der Waals surface area (Å²) in [5, 5.41) is 30.2. The maximum atomic E-state index is 10.3. The second-order valence-corrected chi connectivity index (χ2v) is 8.66. The van der Waals surface area contributed by atoms with E-state index in [1.54, 1.807) is 0 Å². The highest BCUT2D eigenvalue weighted by Crippen LogP contribution is 2.66. The van der Waals surface area contributed by atoms with Crippen LogP contribution in [-0.4, -0.2) is 87.5 Å². The van der Waals surface area contributed by atoms with Gasteiger partial charge in [-0.05, 0) is 6.92 Å². The Kier molecular flexibility index (Phi) is 9.54. The minimum Gasteiger partial charge on any atom is -0.480 e. The van der Waals surface area contributed by atoms with E-state index in [0.29, 0.717) is 6.92 Å². The lowest BCUT2D eigenvalue weighted by atomic mass is 10.4. The fourth-order valence-electron chi connectivity index (χ4n) is 0.911. The van der Waals surface area contributed by atoms with Gasteiger partial charge in [-0.3, -0.25) is 28.4 Å². The molecule has 24 heavy (non-hydrogen) atoms. The predicted molar refractivity (Wildman–Crippen MR) is 74.1 cm³/mol. The Morgan fingerprint density at radius 1 is 0.792 bits per heavy atom. The molecule has 0 aromatic heterocycles. The van der Waals surface area contributed by atoms with Crippen LogP contribution in [0.25, 0.3) is 0 Å². The normalized spacial score (nSPS) is 12.3. The van der Waals surface area contributed by atoms with Crippen LogP contribution < -0.4 is 0 Å². The Morgan fingerprint density at radius 2 is 1.00 bits per heavy atom. The van der Waals surface area contributed by atoms with Crippen molar-refractivity contribution in [3.63, 3.8) is 0 Å². The molecule has 0 fully saturated rings. The Hall–Kier alpha value is -1.37. The fraction of sp³-hybridized carbons (Fsp3) is 0.625. The molecule has 0 radical (unpaired) electrons. The molecule has 16 heteroatoms. The van der Waals surface area contributed by atoms with Crippen molar-refractivity contribution in [3.8, 4) is 0 Å². The fourth-order valence-corrected chi connectivity index (χ4v) is 2.27. The molecule has 0 saturated heterocycles. The molecule has 0 saturated carbocycles. The van der Waals surface area contributed by atoms with E-state index in [1.165, 1.54) is 0 Å². The van der Waals surface area contributed by atoms with Gasteiger partial charge in [-0.1, -0.05) is 0 Å². The Bertz CT molecular complexity index is 498. The number of rotatable bonds is 8. The van der Waals surface area contributed by atoms with Gasteiger partial charge in [0.1, 0.15) is 0 Å². The van der Waals surface area contributed by atoms with Crippen LogP contribution in [-0.2, 0) is 23.5 Å². The lowest BCUT2D eigenvalue weighted by Crippen LogP contribution is -2.38. The number of carboxylic acids is 3. The van der Waals surface area contributed by atoms with Gasteiger partial charge in [-0.15, -0.1) is 0 Å². The molecule has 0 heterocycles. The summed E-state index contributed by atoms with van der Waals surface area (Å²) in [4.78, 5) is 64.2. The highest BCUT2D eigenvalue weighted by molar-refractivity contribution is 7.71. The number of aliphatic carboxylic acids is 3. The third-order valence-electron chi connectivity index (χ3n) is 2.18. The molecule has 0 aromatic rings. The van der Waals surface area contributed by atoms with Gasteiger partial charge >= 0.3 is 33.1 Å². The molecule has 0 spiro atoms. The summed E-state index contributed by atoms with van der Waals surface area (Å²) >= 11 is 0. The first-order chi connectivity index (χ1) is 10.4. The van der Waals surface area contributed by atoms with Crippen molar-refractivity contribution in [1.82, 2.24) is 4.90 Å². The van der Waals surface area contributed by atoms with Crippen molar-refractivity contribution >= 4 is 33.1 Å². The van der Waals surface area contributed by atoms with Crippen molar-refractivity contribution in [1.29, 1.82) is 0 Å². The first-order valence-corrected chi connectivity index (χ1v) is 8.85. The number of nitrogens with zero attached hydrogens (tertiary/aromatic N) is 1. The molecule has 0 aromatic carbocycles. The molecule has 0 aliphatic carbocycles. The molecular weight excluding hydrogens is 380 g/mol. The molecule has 0 unspecified atom stereocenters. The zero-order valence-electron chi connectivity index (χ0n) is 12.1. The molecule has 142 valence electrons. The van der Waals surface area contributed by atoms with Crippen LogP contribution in [0.1, 0.15) is 6.92 Å². The molecule has 0 amide bonds. The SMILES string of the molecule is CC(O)(P(=O)(O)O)P(=O)(O)O.O=C(O)CN(CC(=O)O)CC(=O)O. The van der Waals surface area contributed by atoms with E-state index in [-0.39, 0.29) is 0 Å². The quantitative estimate of drug-likeness (QED) is 0.198. The first kappa shape index (κ1) is 24.9. The summed E-state index contributed by atoms with van der Waals surface area (Å²) in [7, 11) is -10.4. The molecule has 8 N–H and O–H groups in total. The zero-order chi connectivity index (χ0) is 19.9. The highest BCUT2D eigenvalue weighted by atomic mass is 31.2. The molecule has 0 aliphatic rings. The smallest absolute Gasteiger partial charge is 0.369 e. The van der Waals surface area contributed by atoms with Gasteiger partial charge < -0.3 is 40.0 Å². The van der Waals surface area contributed by atoms with E-state index in [1.807, 2.05) is 0 Å². The maximum absolute atomic E-state index is 10.3. The molecule has 0 bridgehead atoms. The van der Waals surface area contributed by atoms with Crippen LogP contribution in [0.15, 0.2) is 0 Å². The summed E-state index contributed by atoms with van der Waals surface area (Å²) in [5.74, 6) is -3.78. The van der Waals surface area contributed by atoms with Crippen LogP contribution >= 0.6 is 15.2 Å². The summed E-state index contributed by atoms with van der Waals surface area (Å²) in [6, 6.07) is 0. The molecule has 0 aliphatic heterocycles. The largest absolute Gasteiger partial charge is 0.480 e. The third-order valence-corrected chi connectivity index (χ3v) is 5.95. The summed E-state index contributed by atoms with van der Waals surface area (Å²) < 4.78 is 20.5. The second kappa shape index (κ2) is 9.20. The van der Waals surface area contributed by atoms with E-state index in [9.17, 15) is 23.5 Å². The Balaban J connectivity index is 0. The van der Waals surface area contributed by atoms with E-state index in [4.69, 9.17) is 40.0 Å². The lowest BCUT2D eigenvalue weighted by Gasteiger charge is -2.24. The average Bonchev–Trinajstić information content (AvgIpc) is 2.23. The van der Waals surface area contributed by atoms with Crippen LogP contribution in [0.5, 0.6) is 0 Å². The number of carbonyl (C=O) groups is 3. The third kappa shape index (κ3) is 9.70. The topological polar surface area (TPSA) is 250 Å². The molecule has 0 atom stereocenters. The molecular formula is C8H17NO13P2. The van der Waals surface area contributed by atoms with E-state index in [2.05, 4.69) is 0 Å². The summed E-state index contributed by atoms with van der Waals surface area (Å²) in [6.45, 7) is -1.41. The van der Waals surface area contributed by atoms with Crippen LogP contribution in [0.3, 0.4) is 0 Å². The molecule has 0 rings (SSSR count). The van der Waals surface area contributed by atoms with E-state index < -0.39 is 57.8 Å². The Morgan fingerprint density at radius 3 is 1.08 bits per heavy atom. The van der Waals surface area contributed by atoms with Crippen molar-refractivity contribution in [3.05, 3.63) is 0 Å².